The van der Waals surface area contributed by atoms with Gasteiger partial charge in [-0.05, 0) is 54.7 Å². The van der Waals surface area contributed by atoms with Gasteiger partial charge in [0.15, 0.2) is 11.5 Å². The highest BCUT2D eigenvalue weighted by Gasteiger charge is 2.24. The van der Waals surface area contributed by atoms with Crippen LogP contribution in [0.2, 0.25) is 0 Å². The highest BCUT2D eigenvalue weighted by atomic mass is 16.5. The van der Waals surface area contributed by atoms with Gasteiger partial charge in [0, 0.05) is 22.8 Å². The topological polar surface area (TPSA) is 43.2 Å². The summed E-state index contributed by atoms with van der Waals surface area (Å²) in [4.78, 5) is 0. The minimum atomic E-state index is 0.280. The molecule has 0 N–H and O–H groups in total. The van der Waals surface area contributed by atoms with E-state index in [1.54, 1.807) is 14.2 Å². The lowest BCUT2D eigenvalue weighted by Crippen LogP contribution is -2.12. The van der Waals surface area contributed by atoms with Gasteiger partial charge in [0.25, 0.3) is 0 Å². The summed E-state index contributed by atoms with van der Waals surface area (Å²) in [5.74, 6) is 2.13. The third kappa shape index (κ3) is 3.61. The van der Waals surface area contributed by atoms with Crippen molar-refractivity contribution in [1.82, 2.24) is 0 Å². The lowest BCUT2D eigenvalue weighted by atomic mass is 9.84. The zero-order valence-corrected chi connectivity index (χ0v) is 17.0. The summed E-state index contributed by atoms with van der Waals surface area (Å²) in [7, 11) is 3.29. The van der Waals surface area contributed by atoms with Crippen LogP contribution in [0.4, 0.5) is 0 Å². The number of ether oxygens (including phenoxy) is 2. The molecule has 1 aliphatic heterocycles. The first-order valence-corrected chi connectivity index (χ1v) is 9.48. The number of methoxy groups -OCH3 is 2. The van der Waals surface area contributed by atoms with Crippen molar-refractivity contribution in [3.05, 3.63) is 58.7 Å². The SMILES string of the molecule is CCC1C(C)=NN=C(c2ccc(OC)c(OC)c2)c2cc(C(C)C)ccc21. The molecule has 0 amide bonds. The molecular weight excluding hydrogens is 336 g/mol. The molecule has 0 bridgehead atoms. The van der Waals surface area contributed by atoms with Crippen LogP contribution in [0.1, 0.15) is 68.2 Å². The molecule has 0 saturated heterocycles. The summed E-state index contributed by atoms with van der Waals surface area (Å²) >= 11 is 0. The summed E-state index contributed by atoms with van der Waals surface area (Å²) in [6, 6.07) is 12.7. The summed E-state index contributed by atoms with van der Waals surface area (Å²) in [6.07, 6.45) is 0.998. The molecule has 142 valence electrons. The molecule has 3 rings (SSSR count). The first-order valence-electron chi connectivity index (χ1n) is 9.48. The van der Waals surface area contributed by atoms with Gasteiger partial charge in [0.1, 0.15) is 5.71 Å². The van der Waals surface area contributed by atoms with Crippen molar-refractivity contribution >= 4 is 11.4 Å². The smallest absolute Gasteiger partial charge is 0.161 e. The van der Waals surface area contributed by atoms with E-state index >= 15 is 0 Å². The maximum Gasteiger partial charge on any atom is 0.161 e. The zero-order chi connectivity index (χ0) is 19.6. The standard InChI is InChI=1S/C23H28N2O2/c1-7-18-15(4)24-25-23(17-9-11-21(26-5)22(13-17)27-6)20-12-16(14(2)3)8-10-19(18)20/h8-14,18H,7H2,1-6H3. The van der Waals surface area contributed by atoms with Crippen LogP contribution in [0.5, 0.6) is 11.5 Å². The second-order valence-corrected chi connectivity index (χ2v) is 7.22. The van der Waals surface area contributed by atoms with Crippen molar-refractivity contribution in [2.75, 3.05) is 14.2 Å². The molecule has 2 aromatic carbocycles. The molecule has 0 radical (unpaired) electrons. The fourth-order valence-electron chi connectivity index (χ4n) is 3.63. The summed E-state index contributed by atoms with van der Waals surface area (Å²) in [6.45, 7) is 8.69. The fraction of sp³-hybridized carbons (Fsp3) is 0.391. The Hall–Kier alpha value is -2.62. The van der Waals surface area contributed by atoms with Gasteiger partial charge in [0.05, 0.1) is 14.2 Å². The molecule has 4 nitrogen and oxygen atoms in total. The van der Waals surface area contributed by atoms with Crippen molar-refractivity contribution in [2.45, 2.75) is 46.0 Å². The molecule has 1 heterocycles. The maximum atomic E-state index is 5.50. The Morgan fingerprint density at radius 3 is 2.33 bits per heavy atom. The Bertz CT molecular complexity index is 897. The molecule has 0 saturated carbocycles. The fourth-order valence-corrected chi connectivity index (χ4v) is 3.63. The van der Waals surface area contributed by atoms with E-state index in [4.69, 9.17) is 9.47 Å². The molecule has 0 spiro atoms. The third-order valence-electron chi connectivity index (χ3n) is 5.25. The number of hydrogen-bond acceptors (Lipinski definition) is 4. The average molecular weight is 364 g/mol. The monoisotopic (exact) mass is 364 g/mol. The van der Waals surface area contributed by atoms with Gasteiger partial charge < -0.3 is 9.47 Å². The van der Waals surface area contributed by atoms with E-state index in [2.05, 4.69) is 56.1 Å². The van der Waals surface area contributed by atoms with E-state index in [1.807, 2.05) is 18.2 Å². The minimum Gasteiger partial charge on any atom is -0.493 e. The quantitative estimate of drug-likeness (QED) is 0.698. The Morgan fingerprint density at radius 2 is 1.70 bits per heavy atom. The summed E-state index contributed by atoms with van der Waals surface area (Å²) < 4.78 is 10.9. The van der Waals surface area contributed by atoms with Gasteiger partial charge in [-0.1, -0.05) is 32.9 Å². The Balaban J connectivity index is 2.22. The van der Waals surface area contributed by atoms with E-state index in [9.17, 15) is 0 Å². The number of benzene rings is 2. The van der Waals surface area contributed by atoms with Crippen molar-refractivity contribution in [3.8, 4) is 11.5 Å². The molecule has 27 heavy (non-hydrogen) atoms. The Morgan fingerprint density at radius 1 is 0.963 bits per heavy atom. The van der Waals surface area contributed by atoms with Crippen LogP contribution >= 0.6 is 0 Å². The van der Waals surface area contributed by atoms with Gasteiger partial charge >= 0.3 is 0 Å². The molecule has 1 atom stereocenters. The van der Waals surface area contributed by atoms with Crippen molar-refractivity contribution < 1.29 is 9.47 Å². The predicted molar refractivity (Wildman–Crippen MR) is 112 cm³/mol. The largest absolute Gasteiger partial charge is 0.493 e. The van der Waals surface area contributed by atoms with Crippen LogP contribution in [0, 0.1) is 0 Å². The number of nitrogens with zero attached hydrogens (tertiary/aromatic N) is 2. The summed E-state index contributed by atoms with van der Waals surface area (Å²) in [5.41, 5.74) is 6.64. The van der Waals surface area contributed by atoms with E-state index < -0.39 is 0 Å². The van der Waals surface area contributed by atoms with Crippen molar-refractivity contribution in [3.63, 3.8) is 0 Å². The highest BCUT2D eigenvalue weighted by molar-refractivity contribution is 6.15. The van der Waals surface area contributed by atoms with Crippen LogP contribution in [0.25, 0.3) is 0 Å². The van der Waals surface area contributed by atoms with Crippen LogP contribution in [-0.4, -0.2) is 25.6 Å². The molecule has 0 aliphatic carbocycles. The minimum absolute atomic E-state index is 0.280. The van der Waals surface area contributed by atoms with Crippen LogP contribution in [0.3, 0.4) is 0 Å². The molecule has 1 unspecified atom stereocenters. The third-order valence-corrected chi connectivity index (χ3v) is 5.25. The maximum absolute atomic E-state index is 5.50. The molecule has 0 aromatic heterocycles. The van der Waals surface area contributed by atoms with Crippen LogP contribution in [0.15, 0.2) is 46.6 Å². The molecule has 0 fully saturated rings. The van der Waals surface area contributed by atoms with Gasteiger partial charge in [0.2, 0.25) is 0 Å². The predicted octanol–water partition coefficient (Wildman–Crippen LogP) is 5.55. The van der Waals surface area contributed by atoms with Crippen molar-refractivity contribution in [1.29, 1.82) is 0 Å². The molecular formula is C23H28N2O2. The summed E-state index contributed by atoms with van der Waals surface area (Å²) in [5, 5.41) is 9.21. The van der Waals surface area contributed by atoms with Gasteiger partial charge in [-0.25, -0.2) is 0 Å². The zero-order valence-electron chi connectivity index (χ0n) is 17.0. The lowest BCUT2D eigenvalue weighted by Gasteiger charge is -2.19. The lowest BCUT2D eigenvalue weighted by molar-refractivity contribution is 0.355. The Labute approximate surface area is 161 Å². The number of rotatable bonds is 5. The Kier molecular flexibility index (Phi) is 5.64. The average Bonchev–Trinajstić information content (AvgIpc) is 2.82. The normalized spacial score (nSPS) is 16.3. The highest BCUT2D eigenvalue weighted by Crippen LogP contribution is 2.34. The van der Waals surface area contributed by atoms with Crippen LogP contribution in [-0.2, 0) is 0 Å². The van der Waals surface area contributed by atoms with E-state index in [-0.39, 0.29) is 5.92 Å². The van der Waals surface area contributed by atoms with Gasteiger partial charge in [-0.3, -0.25) is 0 Å². The number of fused-ring (bicyclic) bond motifs is 1. The molecule has 4 heteroatoms. The van der Waals surface area contributed by atoms with E-state index in [1.165, 1.54) is 11.1 Å². The van der Waals surface area contributed by atoms with E-state index in [0.29, 0.717) is 17.4 Å². The van der Waals surface area contributed by atoms with E-state index in [0.717, 1.165) is 29.0 Å². The number of hydrogen-bond donors (Lipinski definition) is 0. The first-order chi connectivity index (χ1) is 13.0. The molecule has 1 aliphatic rings. The van der Waals surface area contributed by atoms with Gasteiger partial charge in [-0.2, -0.15) is 5.10 Å². The van der Waals surface area contributed by atoms with Gasteiger partial charge in [-0.15, -0.1) is 5.10 Å². The van der Waals surface area contributed by atoms with Crippen LogP contribution < -0.4 is 9.47 Å². The van der Waals surface area contributed by atoms with Crippen molar-refractivity contribution in [2.24, 2.45) is 10.2 Å². The molecule has 2 aromatic rings. The second-order valence-electron chi connectivity index (χ2n) is 7.22. The first kappa shape index (κ1) is 19.2. The second kappa shape index (κ2) is 7.95.